The van der Waals surface area contributed by atoms with E-state index < -0.39 is 0 Å². The molecule has 0 aliphatic carbocycles. The van der Waals surface area contributed by atoms with Crippen LogP contribution in [0.3, 0.4) is 0 Å². The van der Waals surface area contributed by atoms with Crippen LogP contribution in [0.25, 0.3) is 0 Å². The van der Waals surface area contributed by atoms with E-state index in [-0.39, 0.29) is 0 Å². The highest BCUT2D eigenvalue weighted by Gasteiger charge is 2.29. The maximum absolute atomic E-state index is 4.28. The lowest BCUT2D eigenvalue weighted by atomic mass is 10.1. The molecule has 1 heterocycles. The van der Waals surface area contributed by atoms with Gasteiger partial charge in [0.2, 0.25) is 0 Å². The van der Waals surface area contributed by atoms with Gasteiger partial charge in [-0.15, -0.1) is 0 Å². The van der Waals surface area contributed by atoms with E-state index in [0.717, 1.165) is 19.0 Å². The van der Waals surface area contributed by atoms with Crippen LogP contribution in [-0.2, 0) is 0 Å². The lowest BCUT2D eigenvalue weighted by Gasteiger charge is -2.24. The number of nitrogens with zero attached hydrogens (tertiary/aromatic N) is 1. The molecule has 0 radical (unpaired) electrons. The van der Waals surface area contributed by atoms with E-state index in [4.69, 9.17) is 0 Å². The number of guanidine groups is 1. The first-order chi connectivity index (χ1) is 8.70. The Balaban J connectivity index is 2.13. The summed E-state index contributed by atoms with van der Waals surface area (Å²) in [4.78, 5) is 4.28. The second-order valence-corrected chi connectivity index (χ2v) is 7.00. The summed E-state index contributed by atoms with van der Waals surface area (Å²) in [5.74, 6) is 2.27. The molecule has 1 unspecified atom stereocenters. The molecule has 18 heavy (non-hydrogen) atoms. The second kappa shape index (κ2) is 8.68. The van der Waals surface area contributed by atoms with Crippen LogP contribution < -0.4 is 10.6 Å². The lowest BCUT2D eigenvalue weighted by Crippen LogP contribution is -2.43. The summed E-state index contributed by atoms with van der Waals surface area (Å²) in [5, 5.41) is 6.86. The van der Waals surface area contributed by atoms with Gasteiger partial charge in [0.15, 0.2) is 5.96 Å². The molecule has 0 spiro atoms. The van der Waals surface area contributed by atoms with Crippen molar-refractivity contribution >= 4 is 17.7 Å². The van der Waals surface area contributed by atoms with Gasteiger partial charge in [-0.05, 0) is 31.9 Å². The first kappa shape index (κ1) is 15.7. The molecule has 1 rings (SSSR count). The number of rotatable bonds is 7. The van der Waals surface area contributed by atoms with Gasteiger partial charge < -0.3 is 10.6 Å². The van der Waals surface area contributed by atoms with Gasteiger partial charge in [-0.1, -0.05) is 26.2 Å². The molecule has 1 saturated heterocycles. The number of hydrogen-bond donors (Lipinski definition) is 2. The van der Waals surface area contributed by atoms with E-state index in [1.807, 2.05) is 7.05 Å². The second-order valence-electron chi connectivity index (χ2n) is 5.32. The minimum atomic E-state index is 0.403. The van der Waals surface area contributed by atoms with Crippen molar-refractivity contribution in [2.75, 3.05) is 25.9 Å². The van der Waals surface area contributed by atoms with Gasteiger partial charge in [-0.2, -0.15) is 11.8 Å². The molecule has 1 fully saturated rings. The monoisotopic (exact) mass is 271 g/mol. The van der Waals surface area contributed by atoms with Crippen molar-refractivity contribution in [3.8, 4) is 0 Å². The van der Waals surface area contributed by atoms with E-state index in [0.29, 0.717) is 4.75 Å². The quantitative estimate of drug-likeness (QED) is 0.424. The SMILES string of the molecule is CCCCCCNC(=NC)NCC1(C)CCCS1. The van der Waals surface area contributed by atoms with Crippen molar-refractivity contribution in [1.29, 1.82) is 0 Å². The minimum Gasteiger partial charge on any atom is -0.356 e. The number of hydrogen-bond acceptors (Lipinski definition) is 2. The Kier molecular flexibility index (Phi) is 7.56. The van der Waals surface area contributed by atoms with Crippen molar-refractivity contribution in [2.45, 2.75) is 57.1 Å². The fourth-order valence-electron chi connectivity index (χ4n) is 2.23. The normalized spacial score (nSPS) is 24.3. The number of nitrogens with one attached hydrogen (secondary N) is 2. The van der Waals surface area contributed by atoms with Crippen LogP contribution in [0.5, 0.6) is 0 Å². The van der Waals surface area contributed by atoms with Crippen LogP contribution in [0.4, 0.5) is 0 Å². The van der Waals surface area contributed by atoms with Gasteiger partial charge in [-0.3, -0.25) is 4.99 Å². The Bertz CT molecular complexity index is 247. The van der Waals surface area contributed by atoms with Crippen molar-refractivity contribution in [2.24, 2.45) is 4.99 Å². The number of thioether (sulfide) groups is 1. The van der Waals surface area contributed by atoms with Crippen LogP contribution in [0.15, 0.2) is 4.99 Å². The standard InChI is InChI=1S/C14H29N3S/c1-4-5-6-7-10-16-13(15-3)17-12-14(2)9-8-11-18-14/h4-12H2,1-3H3,(H2,15,16,17). The molecule has 4 heteroatoms. The number of aliphatic imine (C=N–C) groups is 1. The minimum absolute atomic E-state index is 0.403. The Morgan fingerprint density at radius 1 is 1.28 bits per heavy atom. The Labute approximate surface area is 117 Å². The van der Waals surface area contributed by atoms with Gasteiger partial charge in [-0.25, -0.2) is 0 Å². The molecule has 0 amide bonds. The molecular formula is C14H29N3S. The molecule has 0 saturated carbocycles. The first-order valence-electron chi connectivity index (χ1n) is 7.28. The van der Waals surface area contributed by atoms with Crippen molar-refractivity contribution in [3.63, 3.8) is 0 Å². The highest BCUT2D eigenvalue weighted by molar-refractivity contribution is 8.00. The molecule has 106 valence electrons. The van der Waals surface area contributed by atoms with Crippen molar-refractivity contribution in [1.82, 2.24) is 10.6 Å². The van der Waals surface area contributed by atoms with Crippen LogP contribution >= 0.6 is 11.8 Å². The van der Waals surface area contributed by atoms with Gasteiger partial charge in [0.1, 0.15) is 0 Å². The Morgan fingerprint density at radius 3 is 2.72 bits per heavy atom. The largest absolute Gasteiger partial charge is 0.356 e. The average molecular weight is 271 g/mol. The molecule has 0 aromatic rings. The third-order valence-electron chi connectivity index (χ3n) is 3.48. The summed E-state index contributed by atoms with van der Waals surface area (Å²) >= 11 is 2.09. The zero-order chi connectivity index (χ0) is 13.3. The van der Waals surface area contributed by atoms with Crippen LogP contribution in [0.1, 0.15) is 52.4 Å². The van der Waals surface area contributed by atoms with E-state index in [1.54, 1.807) is 0 Å². The van der Waals surface area contributed by atoms with Gasteiger partial charge in [0.05, 0.1) is 0 Å². The average Bonchev–Trinajstić information content (AvgIpc) is 2.80. The van der Waals surface area contributed by atoms with Gasteiger partial charge in [0, 0.05) is 24.9 Å². The van der Waals surface area contributed by atoms with Crippen LogP contribution in [0.2, 0.25) is 0 Å². The summed E-state index contributed by atoms with van der Waals surface area (Å²) in [5.41, 5.74) is 0. The Hall–Kier alpha value is -0.380. The highest BCUT2D eigenvalue weighted by atomic mass is 32.2. The third kappa shape index (κ3) is 5.98. The molecule has 2 N–H and O–H groups in total. The van der Waals surface area contributed by atoms with Crippen LogP contribution in [-0.4, -0.2) is 36.6 Å². The maximum atomic E-state index is 4.28. The smallest absolute Gasteiger partial charge is 0.191 e. The highest BCUT2D eigenvalue weighted by Crippen LogP contribution is 2.36. The van der Waals surface area contributed by atoms with E-state index in [1.165, 1.54) is 44.3 Å². The van der Waals surface area contributed by atoms with Gasteiger partial charge in [0.25, 0.3) is 0 Å². The summed E-state index contributed by atoms with van der Waals surface area (Å²) in [7, 11) is 1.85. The molecule has 0 aromatic carbocycles. The van der Waals surface area contributed by atoms with E-state index in [2.05, 4.69) is 41.2 Å². The predicted octanol–water partition coefficient (Wildman–Crippen LogP) is 3.02. The first-order valence-corrected chi connectivity index (χ1v) is 8.27. The van der Waals surface area contributed by atoms with Crippen LogP contribution in [0, 0.1) is 0 Å². The molecule has 0 bridgehead atoms. The molecule has 1 aliphatic rings. The summed E-state index contributed by atoms with van der Waals surface area (Å²) in [6.07, 6.45) is 7.85. The predicted molar refractivity (Wildman–Crippen MR) is 83.6 cm³/mol. The van der Waals surface area contributed by atoms with Crippen molar-refractivity contribution in [3.05, 3.63) is 0 Å². The number of unbranched alkanes of at least 4 members (excludes halogenated alkanes) is 3. The molecule has 1 aliphatic heterocycles. The van der Waals surface area contributed by atoms with E-state index >= 15 is 0 Å². The molecule has 1 atom stereocenters. The topological polar surface area (TPSA) is 36.4 Å². The maximum Gasteiger partial charge on any atom is 0.191 e. The van der Waals surface area contributed by atoms with Gasteiger partial charge >= 0.3 is 0 Å². The fourth-order valence-corrected chi connectivity index (χ4v) is 3.47. The molecular weight excluding hydrogens is 242 g/mol. The molecule has 3 nitrogen and oxygen atoms in total. The summed E-state index contributed by atoms with van der Waals surface area (Å²) in [6.45, 7) is 6.65. The zero-order valence-corrected chi connectivity index (χ0v) is 13.0. The van der Waals surface area contributed by atoms with E-state index in [9.17, 15) is 0 Å². The fraction of sp³-hybridized carbons (Fsp3) is 0.929. The third-order valence-corrected chi connectivity index (χ3v) is 5.01. The lowest BCUT2D eigenvalue weighted by molar-refractivity contribution is 0.581. The summed E-state index contributed by atoms with van der Waals surface area (Å²) < 4.78 is 0.403. The Morgan fingerprint density at radius 2 is 2.11 bits per heavy atom. The summed E-state index contributed by atoms with van der Waals surface area (Å²) in [6, 6.07) is 0. The molecule has 0 aromatic heterocycles. The zero-order valence-electron chi connectivity index (χ0n) is 12.2. The van der Waals surface area contributed by atoms with Crippen molar-refractivity contribution < 1.29 is 0 Å².